The minimum Gasteiger partial charge on any atom is -0.330 e. The summed E-state index contributed by atoms with van der Waals surface area (Å²) < 4.78 is 38.9. The van der Waals surface area contributed by atoms with Gasteiger partial charge in [-0.1, -0.05) is 13.0 Å². The molecule has 0 saturated carbocycles. The average Bonchev–Trinajstić information content (AvgIpc) is 2.31. The lowest BCUT2D eigenvalue weighted by molar-refractivity contribution is 0.404. The number of sulfonamides is 1. The number of hydrogen-bond acceptors (Lipinski definition) is 3. The number of benzene rings is 1. The van der Waals surface area contributed by atoms with Gasteiger partial charge in [0.05, 0.1) is 4.90 Å². The van der Waals surface area contributed by atoms with Crippen molar-refractivity contribution in [3.63, 3.8) is 0 Å². The molecule has 1 rings (SSSR count). The molecule has 0 fully saturated rings. The minimum absolute atomic E-state index is 0.00854. The summed E-state index contributed by atoms with van der Waals surface area (Å²) in [5.41, 5.74) is 6.01. The van der Waals surface area contributed by atoms with Crippen molar-refractivity contribution in [2.24, 2.45) is 11.7 Å². The van der Waals surface area contributed by atoms with E-state index >= 15 is 0 Å². The second-order valence-electron chi connectivity index (χ2n) is 4.54. The van der Waals surface area contributed by atoms with Crippen LogP contribution in [0.3, 0.4) is 0 Å². The number of nitrogens with zero attached hydrogens (tertiary/aromatic N) is 1. The van der Waals surface area contributed by atoms with E-state index in [1.807, 2.05) is 6.92 Å². The van der Waals surface area contributed by atoms with Crippen molar-refractivity contribution in [1.29, 1.82) is 0 Å². The molecule has 0 amide bonds. The van der Waals surface area contributed by atoms with E-state index in [2.05, 4.69) is 0 Å². The summed E-state index contributed by atoms with van der Waals surface area (Å²) in [4.78, 5) is 0.00854. The van der Waals surface area contributed by atoms with Crippen LogP contribution in [-0.2, 0) is 10.0 Å². The van der Waals surface area contributed by atoms with Gasteiger partial charge in [-0.05, 0) is 37.1 Å². The van der Waals surface area contributed by atoms with Gasteiger partial charge in [-0.25, -0.2) is 17.1 Å². The van der Waals surface area contributed by atoms with E-state index in [1.54, 1.807) is 6.92 Å². The molecule has 2 N–H and O–H groups in total. The molecule has 0 radical (unpaired) electrons. The summed E-state index contributed by atoms with van der Waals surface area (Å²) in [5.74, 6) is -0.502. The van der Waals surface area contributed by atoms with E-state index in [4.69, 9.17) is 5.73 Å². The molecule has 0 heterocycles. The van der Waals surface area contributed by atoms with Crippen molar-refractivity contribution in [1.82, 2.24) is 4.31 Å². The molecule has 0 aliphatic heterocycles. The summed E-state index contributed by atoms with van der Waals surface area (Å²) in [6.07, 6.45) is 0. The highest BCUT2D eigenvalue weighted by atomic mass is 32.2. The topological polar surface area (TPSA) is 63.4 Å². The zero-order valence-corrected chi connectivity index (χ0v) is 11.7. The zero-order chi connectivity index (χ0) is 13.9. The van der Waals surface area contributed by atoms with Crippen LogP contribution >= 0.6 is 0 Å². The van der Waals surface area contributed by atoms with Crippen LogP contribution in [0.25, 0.3) is 0 Å². The molecular formula is C12H19FN2O2S. The molecule has 1 unspecified atom stereocenters. The molecule has 1 aromatic rings. The normalized spacial score (nSPS) is 13.9. The van der Waals surface area contributed by atoms with Gasteiger partial charge in [-0.15, -0.1) is 0 Å². The first kappa shape index (κ1) is 15.1. The Hall–Kier alpha value is -0.980. The predicted molar refractivity (Wildman–Crippen MR) is 69.2 cm³/mol. The number of rotatable bonds is 5. The van der Waals surface area contributed by atoms with Crippen LogP contribution in [0.15, 0.2) is 23.1 Å². The van der Waals surface area contributed by atoms with Crippen LogP contribution in [0.5, 0.6) is 0 Å². The van der Waals surface area contributed by atoms with E-state index in [0.717, 1.165) is 6.07 Å². The van der Waals surface area contributed by atoms with E-state index in [-0.39, 0.29) is 10.8 Å². The fraction of sp³-hybridized carbons (Fsp3) is 0.500. The number of nitrogens with two attached hydrogens (primary N) is 1. The van der Waals surface area contributed by atoms with Crippen LogP contribution in [0.2, 0.25) is 0 Å². The number of aryl methyl sites for hydroxylation is 1. The van der Waals surface area contributed by atoms with Gasteiger partial charge < -0.3 is 5.73 Å². The summed E-state index contributed by atoms with van der Waals surface area (Å²) in [6, 6.07) is 3.76. The Morgan fingerprint density at radius 3 is 2.61 bits per heavy atom. The van der Waals surface area contributed by atoms with Gasteiger partial charge >= 0.3 is 0 Å². The quantitative estimate of drug-likeness (QED) is 0.881. The highest BCUT2D eigenvalue weighted by molar-refractivity contribution is 7.89. The van der Waals surface area contributed by atoms with E-state index < -0.39 is 15.8 Å². The van der Waals surface area contributed by atoms with Crippen LogP contribution in [-0.4, -0.2) is 32.9 Å². The smallest absolute Gasteiger partial charge is 0.243 e. The number of hydrogen-bond donors (Lipinski definition) is 1. The lowest BCUT2D eigenvalue weighted by Gasteiger charge is -2.21. The molecular weight excluding hydrogens is 255 g/mol. The summed E-state index contributed by atoms with van der Waals surface area (Å²) >= 11 is 0. The second-order valence-corrected chi connectivity index (χ2v) is 6.55. The molecule has 1 aromatic carbocycles. The lowest BCUT2D eigenvalue weighted by atomic mass is 10.2. The molecule has 4 nitrogen and oxygen atoms in total. The molecule has 1 atom stereocenters. The summed E-state index contributed by atoms with van der Waals surface area (Å²) in [7, 11) is -2.18. The van der Waals surface area contributed by atoms with Crippen LogP contribution < -0.4 is 5.73 Å². The Bertz CT molecular complexity index is 517. The third-order valence-corrected chi connectivity index (χ3v) is 4.77. The van der Waals surface area contributed by atoms with Gasteiger partial charge in [0, 0.05) is 13.6 Å². The van der Waals surface area contributed by atoms with Crippen molar-refractivity contribution in [3.05, 3.63) is 29.6 Å². The molecule has 6 heteroatoms. The Balaban J connectivity index is 3.09. The Morgan fingerprint density at radius 2 is 2.06 bits per heavy atom. The van der Waals surface area contributed by atoms with E-state index in [0.29, 0.717) is 18.7 Å². The Kier molecular flexibility index (Phi) is 4.84. The first-order chi connectivity index (χ1) is 8.28. The van der Waals surface area contributed by atoms with Gasteiger partial charge in [0.15, 0.2) is 0 Å². The molecule has 0 aliphatic rings. The van der Waals surface area contributed by atoms with Gasteiger partial charge in [-0.2, -0.15) is 0 Å². The fourth-order valence-electron chi connectivity index (χ4n) is 1.63. The van der Waals surface area contributed by atoms with Crippen molar-refractivity contribution >= 4 is 10.0 Å². The summed E-state index contributed by atoms with van der Waals surface area (Å²) in [5, 5.41) is 0. The molecule has 102 valence electrons. The third kappa shape index (κ3) is 3.28. The number of halogens is 1. The van der Waals surface area contributed by atoms with Gasteiger partial charge in [0.1, 0.15) is 5.82 Å². The standard InChI is InChI=1S/C12H19FN2O2S/c1-9(7-14)8-15(3)18(16,17)12-6-11(13)5-4-10(12)2/h4-6,9H,7-8,14H2,1-3H3. The Morgan fingerprint density at radius 1 is 1.44 bits per heavy atom. The maximum absolute atomic E-state index is 13.2. The first-order valence-corrected chi connectivity index (χ1v) is 7.15. The van der Waals surface area contributed by atoms with E-state index in [1.165, 1.54) is 23.5 Å². The van der Waals surface area contributed by atoms with Crippen LogP contribution in [0, 0.1) is 18.7 Å². The van der Waals surface area contributed by atoms with Crippen molar-refractivity contribution < 1.29 is 12.8 Å². The molecule has 0 saturated heterocycles. The maximum Gasteiger partial charge on any atom is 0.243 e. The van der Waals surface area contributed by atoms with Gasteiger partial charge in [0.2, 0.25) is 10.0 Å². The first-order valence-electron chi connectivity index (χ1n) is 5.71. The molecule has 0 aliphatic carbocycles. The zero-order valence-electron chi connectivity index (χ0n) is 10.9. The monoisotopic (exact) mass is 274 g/mol. The highest BCUT2D eigenvalue weighted by Crippen LogP contribution is 2.20. The van der Waals surface area contributed by atoms with Gasteiger partial charge in [-0.3, -0.25) is 0 Å². The predicted octanol–water partition coefficient (Wildman–Crippen LogP) is 1.35. The van der Waals surface area contributed by atoms with Crippen molar-refractivity contribution in [2.75, 3.05) is 20.1 Å². The lowest BCUT2D eigenvalue weighted by Crippen LogP contribution is -2.33. The SMILES string of the molecule is Cc1ccc(F)cc1S(=O)(=O)N(C)CC(C)CN. The Labute approximate surface area is 108 Å². The van der Waals surface area contributed by atoms with E-state index in [9.17, 15) is 12.8 Å². The molecule has 18 heavy (non-hydrogen) atoms. The van der Waals surface area contributed by atoms with Crippen molar-refractivity contribution in [3.8, 4) is 0 Å². The van der Waals surface area contributed by atoms with Crippen LogP contribution in [0.1, 0.15) is 12.5 Å². The fourth-order valence-corrected chi connectivity index (χ4v) is 3.15. The second kappa shape index (κ2) is 5.77. The average molecular weight is 274 g/mol. The maximum atomic E-state index is 13.2. The highest BCUT2D eigenvalue weighted by Gasteiger charge is 2.24. The van der Waals surface area contributed by atoms with Gasteiger partial charge in [0.25, 0.3) is 0 Å². The minimum atomic E-state index is -3.66. The third-order valence-electron chi connectivity index (χ3n) is 2.81. The summed E-state index contributed by atoms with van der Waals surface area (Å²) in [6.45, 7) is 4.23. The van der Waals surface area contributed by atoms with Crippen molar-refractivity contribution in [2.45, 2.75) is 18.7 Å². The largest absolute Gasteiger partial charge is 0.330 e. The molecule has 0 spiro atoms. The van der Waals surface area contributed by atoms with Crippen LogP contribution in [0.4, 0.5) is 4.39 Å². The molecule has 0 bridgehead atoms. The molecule has 0 aromatic heterocycles.